The Hall–Kier alpha value is 0.310. The third kappa shape index (κ3) is 8.63. The average Bonchev–Trinajstić information content (AvgIpc) is 2.17. The van der Waals surface area contributed by atoms with Gasteiger partial charge < -0.3 is 4.74 Å². The van der Waals surface area contributed by atoms with Crippen molar-refractivity contribution in [1.29, 1.82) is 0 Å². The van der Waals surface area contributed by atoms with Gasteiger partial charge in [0.15, 0.2) is 0 Å². The summed E-state index contributed by atoms with van der Waals surface area (Å²) >= 11 is 2.04. The topological polar surface area (TPSA) is 9.23 Å². The van der Waals surface area contributed by atoms with Gasteiger partial charge in [-0.25, -0.2) is 0 Å². The molecule has 0 rings (SSSR count). The van der Waals surface area contributed by atoms with Crippen molar-refractivity contribution in [2.45, 2.75) is 52.1 Å². The van der Waals surface area contributed by atoms with Crippen LogP contribution in [0.1, 0.15) is 46.0 Å². The number of hydrogen-bond donors (Lipinski definition) is 0. The van der Waals surface area contributed by atoms with E-state index in [-0.39, 0.29) is 0 Å². The Labute approximate surface area is 87.6 Å². The fraction of sp³-hybridized carbons (Fsp3) is 1.00. The molecule has 0 aliphatic heterocycles. The Balaban J connectivity index is 3.05. The molecule has 0 aromatic rings. The number of thioether (sulfide) groups is 1. The zero-order valence-corrected chi connectivity index (χ0v) is 10.2. The molecule has 2 heteroatoms. The fourth-order valence-electron chi connectivity index (χ4n) is 1.20. The summed E-state index contributed by atoms with van der Waals surface area (Å²) in [5.41, 5.74) is 0. The first-order chi connectivity index (χ1) is 6.35. The van der Waals surface area contributed by atoms with Crippen LogP contribution in [0.15, 0.2) is 0 Å². The lowest BCUT2D eigenvalue weighted by atomic mass is 10.2. The van der Waals surface area contributed by atoms with Crippen LogP contribution in [0.25, 0.3) is 0 Å². The van der Waals surface area contributed by atoms with E-state index in [1.807, 2.05) is 18.9 Å². The molecule has 0 aliphatic carbocycles. The molecule has 13 heavy (non-hydrogen) atoms. The Morgan fingerprint density at radius 3 is 2.46 bits per heavy atom. The lowest BCUT2D eigenvalue weighted by Gasteiger charge is -2.11. The van der Waals surface area contributed by atoms with E-state index < -0.39 is 0 Å². The first-order valence-corrected chi connectivity index (χ1v) is 6.61. The Morgan fingerprint density at radius 1 is 1.15 bits per heavy atom. The minimum absolute atomic E-state index is 0.469. The van der Waals surface area contributed by atoms with Gasteiger partial charge in [-0.2, -0.15) is 11.8 Å². The first-order valence-electron chi connectivity index (χ1n) is 5.45. The summed E-state index contributed by atoms with van der Waals surface area (Å²) in [6.45, 7) is 4.44. The van der Waals surface area contributed by atoms with Crippen molar-refractivity contribution >= 4 is 11.8 Å². The van der Waals surface area contributed by atoms with Crippen molar-refractivity contribution in [2.75, 3.05) is 18.6 Å². The molecule has 0 saturated carbocycles. The van der Waals surface area contributed by atoms with Crippen LogP contribution >= 0.6 is 11.8 Å². The van der Waals surface area contributed by atoms with Crippen LogP contribution in [0.3, 0.4) is 0 Å². The fourth-order valence-corrected chi connectivity index (χ4v) is 2.41. The second-order valence-corrected chi connectivity index (χ2v) is 4.55. The van der Waals surface area contributed by atoms with E-state index in [0.717, 1.165) is 6.42 Å². The molecule has 0 aromatic heterocycles. The van der Waals surface area contributed by atoms with Crippen molar-refractivity contribution in [2.24, 2.45) is 0 Å². The van der Waals surface area contributed by atoms with Crippen LogP contribution in [0.4, 0.5) is 0 Å². The lowest BCUT2D eigenvalue weighted by Crippen LogP contribution is -2.12. The molecular formula is C11H24OS. The molecule has 0 bridgehead atoms. The van der Waals surface area contributed by atoms with Crippen molar-refractivity contribution < 1.29 is 4.74 Å². The minimum atomic E-state index is 0.469. The van der Waals surface area contributed by atoms with E-state index in [2.05, 4.69) is 13.8 Å². The van der Waals surface area contributed by atoms with E-state index >= 15 is 0 Å². The monoisotopic (exact) mass is 204 g/mol. The Kier molecular flexibility index (Phi) is 10.6. The van der Waals surface area contributed by atoms with Gasteiger partial charge in [0.1, 0.15) is 0 Å². The van der Waals surface area contributed by atoms with Crippen LogP contribution in [0, 0.1) is 0 Å². The van der Waals surface area contributed by atoms with E-state index in [9.17, 15) is 0 Å². The maximum absolute atomic E-state index is 5.31. The molecule has 0 aromatic carbocycles. The highest BCUT2D eigenvalue weighted by Gasteiger charge is 2.02. The number of methoxy groups -OCH3 is 1. The predicted molar refractivity (Wildman–Crippen MR) is 62.6 cm³/mol. The zero-order chi connectivity index (χ0) is 9.94. The van der Waals surface area contributed by atoms with E-state index in [1.54, 1.807) is 0 Å². The van der Waals surface area contributed by atoms with Gasteiger partial charge in [-0.05, 0) is 18.6 Å². The van der Waals surface area contributed by atoms with E-state index in [1.165, 1.54) is 37.2 Å². The van der Waals surface area contributed by atoms with Crippen molar-refractivity contribution in [3.05, 3.63) is 0 Å². The predicted octanol–water partition coefficient (Wildman–Crippen LogP) is 3.72. The van der Waals surface area contributed by atoms with Gasteiger partial charge in [0.25, 0.3) is 0 Å². The summed E-state index contributed by atoms with van der Waals surface area (Å²) < 4.78 is 5.31. The standard InChI is InChI=1S/C11H24OS/c1-4-6-7-8-9-13-10-11(5-2)12-3/h11H,4-10H2,1-3H3. The highest BCUT2D eigenvalue weighted by atomic mass is 32.2. The smallest absolute Gasteiger partial charge is 0.0659 e. The third-order valence-corrected chi connectivity index (χ3v) is 3.42. The molecule has 1 atom stereocenters. The van der Waals surface area contributed by atoms with Crippen LogP contribution in [-0.2, 0) is 4.74 Å². The zero-order valence-electron chi connectivity index (χ0n) is 9.34. The average molecular weight is 204 g/mol. The molecule has 0 radical (unpaired) electrons. The molecule has 80 valence electrons. The van der Waals surface area contributed by atoms with Crippen LogP contribution in [0.5, 0.6) is 0 Å². The first kappa shape index (κ1) is 13.3. The van der Waals surface area contributed by atoms with Crippen molar-refractivity contribution in [1.82, 2.24) is 0 Å². The van der Waals surface area contributed by atoms with Gasteiger partial charge in [-0.1, -0.05) is 33.1 Å². The van der Waals surface area contributed by atoms with Crippen LogP contribution in [0.2, 0.25) is 0 Å². The second kappa shape index (κ2) is 10.4. The summed E-state index contributed by atoms with van der Waals surface area (Å²) in [6, 6.07) is 0. The van der Waals surface area contributed by atoms with Gasteiger partial charge >= 0.3 is 0 Å². The van der Waals surface area contributed by atoms with Gasteiger partial charge in [0.2, 0.25) is 0 Å². The molecule has 1 unspecified atom stereocenters. The summed E-state index contributed by atoms with van der Waals surface area (Å²) in [4.78, 5) is 0. The van der Waals surface area contributed by atoms with Crippen LogP contribution in [-0.4, -0.2) is 24.7 Å². The summed E-state index contributed by atoms with van der Waals surface area (Å²) in [7, 11) is 1.81. The molecule has 0 N–H and O–H groups in total. The van der Waals surface area contributed by atoms with Crippen LogP contribution < -0.4 is 0 Å². The van der Waals surface area contributed by atoms with Crippen molar-refractivity contribution in [3.63, 3.8) is 0 Å². The van der Waals surface area contributed by atoms with Gasteiger partial charge in [0, 0.05) is 12.9 Å². The summed E-state index contributed by atoms with van der Waals surface area (Å²) in [5, 5.41) is 0. The second-order valence-electron chi connectivity index (χ2n) is 3.40. The Morgan fingerprint density at radius 2 is 1.92 bits per heavy atom. The SMILES string of the molecule is CCCCCCSCC(CC)OC. The van der Waals surface area contributed by atoms with Crippen molar-refractivity contribution in [3.8, 4) is 0 Å². The summed E-state index contributed by atoms with van der Waals surface area (Å²) in [6.07, 6.45) is 7.10. The molecule has 1 nitrogen and oxygen atoms in total. The number of ether oxygens (including phenoxy) is 1. The molecule has 0 saturated heterocycles. The molecular weight excluding hydrogens is 180 g/mol. The highest BCUT2D eigenvalue weighted by Crippen LogP contribution is 2.11. The molecule has 0 aliphatic rings. The number of unbranched alkanes of at least 4 members (excludes halogenated alkanes) is 3. The van der Waals surface area contributed by atoms with E-state index in [0.29, 0.717) is 6.10 Å². The van der Waals surface area contributed by atoms with Gasteiger partial charge in [-0.15, -0.1) is 0 Å². The Bertz CT molecular complexity index is 92.1. The number of hydrogen-bond acceptors (Lipinski definition) is 2. The number of rotatable bonds is 9. The molecule has 0 amide bonds. The quantitative estimate of drug-likeness (QED) is 0.529. The largest absolute Gasteiger partial charge is 0.381 e. The van der Waals surface area contributed by atoms with Gasteiger partial charge in [-0.3, -0.25) is 0 Å². The third-order valence-electron chi connectivity index (χ3n) is 2.23. The maximum Gasteiger partial charge on any atom is 0.0659 e. The highest BCUT2D eigenvalue weighted by molar-refractivity contribution is 7.99. The molecule has 0 heterocycles. The van der Waals surface area contributed by atoms with E-state index in [4.69, 9.17) is 4.74 Å². The minimum Gasteiger partial charge on any atom is -0.381 e. The summed E-state index contributed by atoms with van der Waals surface area (Å²) in [5.74, 6) is 2.47. The molecule has 0 spiro atoms. The van der Waals surface area contributed by atoms with Gasteiger partial charge in [0.05, 0.1) is 6.10 Å². The maximum atomic E-state index is 5.31. The normalized spacial score (nSPS) is 13.2. The molecule has 0 fully saturated rings. The lowest BCUT2D eigenvalue weighted by molar-refractivity contribution is 0.119.